The first-order valence-corrected chi connectivity index (χ1v) is 10.2. The summed E-state index contributed by atoms with van der Waals surface area (Å²) in [5, 5.41) is 0. The highest BCUT2D eigenvalue weighted by atomic mass is 16.2. The van der Waals surface area contributed by atoms with Gasteiger partial charge in [0.1, 0.15) is 6.04 Å². The average Bonchev–Trinajstić information content (AvgIpc) is 3.13. The normalized spacial score (nSPS) is 25.6. The Balaban J connectivity index is 1.66. The van der Waals surface area contributed by atoms with E-state index < -0.39 is 0 Å². The van der Waals surface area contributed by atoms with E-state index >= 15 is 0 Å². The molecule has 2 fully saturated rings. The molecule has 1 aromatic heterocycles. The number of rotatable bonds is 6. The predicted molar refractivity (Wildman–Crippen MR) is 102 cm³/mol. The van der Waals surface area contributed by atoms with Crippen LogP contribution in [-0.2, 0) is 4.79 Å². The Labute approximate surface area is 153 Å². The predicted octanol–water partition coefficient (Wildman–Crippen LogP) is 3.80. The number of piperidine rings is 2. The van der Waals surface area contributed by atoms with Crippen LogP contribution >= 0.6 is 0 Å². The van der Waals surface area contributed by atoms with Crippen molar-refractivity contribution in [3.05, 3.63) is 24.5 Å². The molecule has 2 aliphatic rings. The van der Waals surface area contributed by atoms with Crippen LogP contribution < -0.4 is 0 Å². The van der Waals surface area contributed by atoms with Crippen molar-refractivity contribution in [3.8, 4) is 0 Å². The van der Waals surface area contributed by atoms with Gasteiger partial charge in [-0.1, -0.05) is 20.3 Å². The van der Waals surface area contributed by atoms with Crippen molar-refractivity contribution < 1.29 is 4.79 Å². The topological polar surface area (TPSA) is 28.5 Å². The molecular weight excluding hydrogens is 310 g/mol. The zero-order valence-electron chi connectivity index (χ0n) is 16.2. The first-order valence-electron chi connectivity index (χ1n) is 10.2. The third kappa shape index (κ3) is 4.46. The van der Waals surface area contributed by atoms with E-state index in [1.807, 2.05) is 36.5 Å². The molecule has 4 nitrogen and oxygen atoms in total. The molecule has 1 unspecified atom stereocenters. The Bertz CT molecular complexity index is 537. The molecule has 0 spiro atoms. The average molecular weight is 346 g/mol. The van der Waals surface area contributed by atoms with E-state index in [2.05, 4.69) is 23.3 Å². The Hall–Kier alpha value is -1.29. The molecule has 0 saturated carbocycles. The van der Waals surface area contributed by atoms with E-state index in [1.54, 1.807) is 0 Å². The molecule has 0 aliphatic carbocycles. The Morgan fingerprint density at radius 2 is 1.84 bits per heavy atom. The van der Waals surface area contributed by atoms with Gasteiger partial charge in [-0.2, -0.15) is 0 Å². The van der Waals surface area contributed by atoms with E-state index in [0.29, 0.717) is 17.9 Å². The number of carbonyl (C=O) groups excluding carboxylic acids is 1. The quantitative estimate of drug-likeness (QED) is 0.784. The molecule has 3 atom stereocenters. The number of nitrogens with zero attached hydrogens (tertiary/aromatic N) is 3. The fraction of sp³-hybridized carbons (Fsp3) is 0.762. The Morgan fingerprint density at radius 3 is 2.56 bits per heavy atom. The Morgan fingerprint density at radius 1 is 1.12 bits per heavy atom. The van der Waals surface area contributed by atoms with Crippen molar-refractivity contribution in [2.75, 3.05) is 26.7 Å². The van der Waals surface area contributed by atoms with Gasteiger partial charge in [-0.05, 0) is 69.2 Å². The van der Waals surface area contributed by atoms with Gasteiger partial charge in [-0.25, -0.2) is 0 Å². The standard InChI is InChI=1S/C21H35N3O/c1-17(2)15-20(24-12-6-7-13-24)21(25)22(3)16-18-9-8-14-23-11-5-4-10-19(18)23/h6-7,12-13,17-20H,4-5,8-11,14-16H2,1-3H3/t18-,19+,20?/m0/s1. The van der Waals surface area contributed by atoms with Gasteiger partial charge in [0.25, 0.3) is 0 Å². The number of carbonyl (C=O) groups is 1. The lowest BCUT2D eigenvalue weighted by Gasteiger charge is -2.45. The number of amides is 1. The highest BCUT2D eigenvalue weighted by molar-refractivity contribution is 5.80. The minimum absolute atomic E-state index is 0.0638. The molecule has 2 saturated heterocycles. The maximum atomic E-state index is 13.2. The van der Waals surface area contributed by atoms with Crippen molar-refractivity contribution in [3.63, 3.8) is 0 Å². The van der Waals surface area contributed by atoms with Gasteiger partial charge >= 0.3 is 0 Å². The molecule has 3 heterocycles. The summed E-state index contributed by atoms with van der Waals surface area (Å²) in [6.07, 6.45) is 11.5. The summed E-state index contributed by atoms with van der Waals surface area (Å²) in [4.78, 5) is 17.9. The molecule has 2 aliphatic heterocycles. The molecule has 0 N–H and O–H groups in total. The number of aromatic nitrogens is 1. The van der Waals surface area contributed by atoms with Crippen LogP contribution in [0.1, 0.15) is 58.4 Å². The first kappa shape index (κ1) is 18.5. The second-order valence-electron chi connectivity index (χ2n) is 8.50. The molecule has 140 valence electrons. The zero-order chi connectivity index (χ0) is 17.8. The van der Waals surface area contributed by atoms with Crippen molar-refractivity contribution in [1.29, 1.82) is 0 Å². The molecule has 0 bridgehead atoms. The summed E-state index contributed by atoms with van der Waals surface area (Å²) >= 11 is 0. The summed E-state index contributed by atoms with van der Waals surface area (Å²) in [6.45, 7) is 7.84. The fourth-order valence-corrected chi connectivity index (χ4v) is 4.84. The van der Waals surface area contributed by atoms with Gasteiger partial charge in [-0.3, -0.25) is 4.79 Å². The Kier molecular flexibility index (Phi) is 6.21. The molecule has 4 heteroatoms. The third-order valence-corrected chi connectivity index (χ3v) is 6.08. The van der Waals surface area contributed by atoms with Crippen LogP contribution in [0.25, 0.3) is 0 Å². The van der Waals surface area contributed by atoms with E-state index in [9.17, 15) is 4.79 Å². The van der Waals surface area contributed by atoms with Crippen molar-refractivity contribution in [1.82, 2.24) is 14.4 Å². The van der Waals surface area contributed by atoms with Crippen LogP contribution in [0.4, 0.5) is 0 Å². The molecule has 25 heavy (non-hydrogen) atoms. The zero-order valence-corrected chi connectivity index (χ0v) is 16.2. The molecular formula is C21H35N3O. The van der Waals surface area contributed by atoms with Gasteiger partial charge in [0.2, 0.25) is 5.91 Å². The van der Waals surface area contributed by atoms with Crippen LogP contribution in [0.3, 0.4) is 0 Å². The van der Waals surface area contributed by atoms with Crippen molar-refractivity contribution in [2.24, 2.45) is 11.8 Å². The maximum absolute atomic E-state index is 13.2. The minimum atomic E-state index is -0.0638. The number of likely N-dealkylation sites (N-methyl/N-ethyl adjacent to an activating group) is 1. The summed E-state index contributed by atoms with van der Waals surface area (Å²) in [7, 11) is 2.01. The summed E-state index contributed by atoms with van der Waals surface area (Å²) < 4.78 is 2.09. The van der Waals surface area contributed by atoms with E-state index in [4.69, 9.17) is 0 Å². The number of hydrogen-bond donors (Lipinski definition) is 0. The molecule has 0 radical (unpaired) electrons. The lowest BCUT2D eigenvalue weighted by atomic mass is 9.83. The largest absolute Gasteiger partial charge is 0.344 e. The molecule has 1 aromatic rings. The van der Waals surface area contributed by atoms with Crippen LogP contribution in [0.5, 0.6) is 0 Å². The van der Waals surface area contributed by atoms with Crippen LogP contribution in [0, 0.1) is 11.8 Å². The third-order valence-electron chi connectivity index (χ3n) is 6.08. The highest BCUT2D eigenvalue weighted by Gasteiger charge is 2.35. The molecule has 0 aromatic carbocycles. The second-order valence-corrected chi connectivity index (χ2v) is 8.50. The first-order chi connectivity index (χ1) is 12.1. The summed E-state index contributed by atoms with van der Waals surface area (Å²) in [5.74, 6) is 1.43. The lowest BCUT2D eigenvalue weighted by molar-refractivity contribution is -0.135. The summed E-state index contributed by atoms with van der Waals surface area (Å²) in [5.41, 5.74) is 0. The van der Waals surface area contributed by atoms with Gasteiger partial charge < -0.3 is 14.4 Å². The van der Waals surface area contributed by atoms with Crippen LogP contribution in [0.2, 0.25) is 0 Å². The monoisotopic (exact) mass is 345 g/mol. The summed E-state index contributed by atoms with van der Waals surface area (Å²) in [6, 6.07) is 4.67. The number of hydrogen-bond acceptors (Lipinski definition) is 2. The number of fused-ring (bicyclic) bond motifs is 1. The fourth-order valence-electron chi connectivity index (χ4n) is 4.84. The van der Waals surface area contributed by atoms with E-state index in [0.717, 1.165) is 13.0 Å². The van der Waals surface area contributed by atoms with Crippen molar-refractivity contribution >= 4 is 5.91 Å². The maximum Gasteiger partial charge on any atom is 0.245 e. The SMILES string of the molecule is CC(C)CC(C(=O)N(C)C[C@@H]1CCCN2CCCC[C@H]12)n1cccc1. The minimum Gasteiger partial charge on any atom is -0.344 e. The molecule has 1 amide bonds. The molecule has 3 rings (SSSR count). The van der Waals surface area contributed by atoms with Gasteiger partial charge in [-0.15, -0.1) is 0 Å². The van der Waals surface area contributed by atoms with E-state index in [1.165, 1.54) is 45.2 Å². The van der Waals surface area contributed by atoms with Gasteiger partial charge in [0.05, 0.1) is 0 Å². The van der Waals surface area contributed by atoms with Crippen LogP contribution in [0.15, 0.2) is 24.5 Å². The highest BCUT2D eigenvalue weighted by Crippen LogP contribution is 2.32. The smallest absolute Gasteiger partial charge is 0.245 e. The van der Waals surface area contributed by atoms with Gasteiger partial charge in [0, 0.05) is 32.0 Å². The van der Waals surface area contributed by atoms with E-state index in [-0.39, 0.29) is 11.9 Å². The van der Waals surface area contributed by atoms with Crippen LogP contribution in [-0.4, -0.2) is 53.0 Å². The van der Waals surface area contributed by atoms with Crippen molar-refractivity contribution in [2.45, 2.75) is 64.5 Å². The second kappa shape index (κ2) is 8.39. The lowest BCUT2D eigenvalue weighted by Crippen LogP contribution is -2.51. The van der Waals surface area contributed by atoms with Gasteiger partial charge in [0.15, 0.2) is 0 Å².